The number of ether oxygens (including phenoxy) is 1. The van der Waals surface area contributed by atoms with Crippen molar-refractivity contribution in [3.8, 4) is 0 Å². The molecule has 1 fully saturated rings. The fraction of sp³-hybridized carbons (Fsp3) is 0.467. The second-order valence-corrected chi connectivity index (χ2v) is 5.75. The van der Waals surface area contributed by atoms with Crippen molar-refractivity contribution in [2.45, 2.75) is 25.0 Å². The normalized spacial score (nSPS) is 19.8. The second kappa shape index (κ2) is 9.08. The fourth-order valence-corrected chi connectivity index (χ4v) is 2.56. The van der Waals surface area contributed by atoms with Crippen LogP contribution in [0.2, 0.25) is 5.02 Å². The third-order valence-electron chi connectivity index (χ3n) is 3.51. The van der Waals surface area contributed by atoms with Crippen LogP contribution in [0.5, 0.6) is 0 Å². The average molecular weight is 362 g/mol. The lowest BCUT2D eigenvalue weighted by Gasteiger charge is -2.20. The van der Waals surface area contributed by atoms with Gasteiger partial charge in [0, 0.05) is 24.3 Å². The molecule has 0 spiro atoms. The van der Waals surface area contributed by atoms with E-state index in [1.165, 1.54) is 4.90 Å². The number of benzene rings is 1. The molecule has 2 amide bonds. The lowest BCUT2D eigenvalue weighted by Crippen LogP contribution is -2.41. The minimum Gasteiger partial charge on any atom is -0.364 e. The SMILES string of the molecule is CN(CC(=O)Nc1cccc(Cl)c1)C(=O)[C@@H]1CC[C@H](CN)O1.Cl. The smallest absolute Gasteiger partial charge is 0.251 e. The van der Waals surface area contributed by atoms with E-state index in [2.05, 4.69) is 5.32 Å². The average Bonchev–Trinajstić information content (AvgIpc) is 2.95. The number of nitrogens with two attached hydrogens (primary N) is 1. The van der Waals surface area contributed by atoms with E-state index in [9.17, 15) is 9.59 Å². The van der Waals surface area contributed by atoms with Gasteiger partial charge in [0.15, 0.2) is 0 Å². The molecule has 0 aromatic heterocycles. The molecule has 0 radical (unpaired) electrons. The Bertz CT molecular complexity index is 557. The maximum absolute atomic E-state index is 12.2. The highest BCUT2D eigenvalue weighted by molar-refractivity contribution is 6.30. The number of carbonyl (C=O) groups is 2. The first-order valence-electron chi connectivity index (χ1n) is 7.15. The third kappa shape index (κ3) is 5.66. The van der Waals surface area contributed by atoms with Gasteiger partial charge in [-0.05, 0) is 31.0 Å². The summed E-state index contributed by atoms with van der Waals surface area (Å²) in [6.07, 6.45) is 0.844. The summed E-state index contributed by atoms with van der Waals surface area (Å²) in [4.78, 5) is 25.5. The van der Waals surface area contributed by atoms with Gasteiger partial charge in [0.25, 0.3) is 5.91 Å². The van der Waals surface area contributed by atoms with Crippen molar-refractivity contribution in [1.29, 1.82) is 0 Å². The molecular formula is C15H21Cl2N3O3. The van der Waals surface area contributed by atoms with E-state index >= 15 is 0 Å². The molecule has 2 rings (SSSR count). The largest absolute Gasteiger partial charge is 0.364 e. The van der Waals surface area contributed by atoms with Gasteiger partial charge in [-0.2, -0.15) is 0 Å². The predicted molar refractivity (Wildman–Crippen MR) is 91.9 cm³/mol. The first kappa shape index (κ1) is 19.7. The Morgan fingerprint density at radius 3 is 2.78 bits per heavy atom. The van der Waals surface area contributed by atoms with Crippen LogP contribution in [0.25, 0.3) is 0 Å². The summed E-state index contributed by atoms with van der Waals surface area (Å²) in [7, 11) is 1.58. The molecule has 1 aliphatic rings. The van der Waals surface area contributed by atoms with Crippen molar-refractivity contribution < 1.29 is 14.3 Å². The van der Waals surface area contributed by atoms with E-state index in [1.807, 2.05) is 0 Å². The standard InChI is InChI=1S/C15H20ClN3O3.ClH/c1-19(15(21)13-6-5-12(8-17)22-13)9-14(20)18-11-4-2-3-10(16)7-11;/h2-4,7,12-13H,5-6,8-9,17H2,1H3,(H,18,20);1H/t12-,13+;/m1./s1. The van der Waals surface area contributed by atoms with Gasteiger partial charge < -0.3 is 20.7 Å². The van der Waals surface area contributed by atoms with E-state index in [0.29, 0.717) is 23.7 Å². The number of carbonyl (C=O) groups excluding carboxylic acids is 2. The van der Waals surface area contributed by atoms with Gasteiger partial charge in [-0.25, -0.2) is 0 Å². The molecule has 1 saturated heterocycles. The zero-order chi connectivity index (χ0) is 16.1. The molecule has 0 bridgehead atoms. The van der Waals surface area contributed by atoms with Gasteiger partial charge in [0.05, 0.1) is 12.6 Å². The quantitative estimate of drug-likeness (QED) is 0.835. The van der Waals surface area contributed by atoms with Gasteiger partial charge >= 0.3 is 0 Å². The van der Waals surface area contributed by atoms with Crippen molar-refractivity contribution in [3.05, 3.63) is 29.3 Å². The molecule has 1 aromatic rings. The Morgan fingerprint density at radius 2 is 2.17 bits per heavy atom. The zero-order valence-corrected chi connectivity index (χ0v) is 14.4. The van der Waals surface area contributed by atoms with Gasteiger partial charge in [-0.1, -0.05) is 17.7 Å². The third-order valence-corrected chi connectivity index (χ3v) is 3.75. The highest BCUT2D eigenvalue weighted by Crippen LogP contribution is 2.20. The topological polar surface area (TPSA) is 84.7 Å². The van der Waals surface area contributed by atoms with Crippen molar-refractivity contribution in [2.24, 2.45) is 5.73 Å². The number of amides is 2. The van der Waals surface area contributed by atoms with Gasteiger partial charge in [0.1, 0.15) is 6.10 Å². The number of halogens is 2. The van der Waals surface area contributed by atoms with Gasteiger partial charge in [0.2, 0.25) is 5.91 Å². The second-order valence-electron chi connectivity index (χ2n) is 5.31. The summed E-state index contributed by atoms with van der Waals surface area (Å²) < 4.78 is 5.54. The molecule has 2 atom stereocenters. The van der Waals surface area contributed by atoms with Crippen LogP contribution >= 0.6 is 24.0 Å². The van der Waals surface area contributed by atoms with Gasteiger partial charge in [-0.3, -0.25) is 9.59 Å². The molecule has 1 aromatic carbocycles. The number of anilines is 1. The molecule has 23 heavy (non-hydrogen) atoms. The molecular weight excluding hydrogens is 341 g/mol. The number of nitrogens with zero attached hydrogens (tertiary/aromatic N) is 1. The molecule has 3 N–H and O–H groups in total. The monoisotopic (exact) mass is 361 g/mol. The molecule has 1 heterocycles. The van der Waals surface area contributed by atoms with E-state index in [1.54, 1.807) is 31.3 Å². The predicted octanol–water partition coefficient (Wildman–Crippen LogP) is 1.66. The van der Waals surface area contributed by atoms with Gasteiger partial charge in [-0.15, -0.1) is 12.4 Å². The maximum Gasteiger partial charge on any atom is 0.251 e. The Kier molecular flexibility index (Phi) is 7.78. The number of nitrogens with one attached hydrogen (secondary N) is 1. The summed E-state index contributed by atoms with van der Waals surface area (Å²) in [5, 5.41) is 3.24. The van der Waals surface area contributed by atoms with Crippen molar-refractivity contribution in [1.82, 2.24) is 4.90 Å². The summed E-state index contributed by atoms with van der Waals surface area (Å²) in [6, 6.07) is 6.84. The molecule has 0 unspecified atom stereocenters. The lowest BCUT2D eigenvalue weighted by atomic mass is 10.2. The zero-order valence-electron chi connectivity index (χ0n) is 12.8. The Labute approximate surface area is 146 Å². The summed E-state index contributed by atoms with van der Waals surface area (Å²) >= 11 is 5.86. The number of hydrogen-bond donors (Lipinski definition) is 2. The molecule has 0 aliphatic carbocycles. The summed E-state index contributed by atoms with van der Waals surface area (Å²) in [6.45, 7) is 0.362. The minimum absolute atomic E-state index is 0. The van der Waals surface area contributed by atoms with Crippen molar-refractivity contribution >= 4 is 41.5 Å². The first-order valence-corrected chi connectivity index (χ1v) is 7.53. The summed E-state index contributed by atoms with van der Waals surface area (Å²) in [5.74, 6) is -0.483. The summed E-state index contributed by atoms with van der Waals surface area (Å²) in [5.41, 5.74) is 6.12. The van der Waals surface area contributed by atoms with E-state index in [-0.39, 0.29) is 36.9 Å². The van der Waals surface area contributed by atoms with Crippen LogP contribution in [-0.4, -0.2) is 49.1 Å². The van der Waals surface area contributed by atoms with Crippen LogP contribution in [-0.2, 0) is 14.3 Å². The van der Waals surface area contributed by atoms with Crippen molar-refractivity contribution in [3.63, 3.8) is 0 Å². The van der Waals surface area contributed by atoms with Crippen LogP contribution in [0.1, 0.15) is 12.8 Å². The molecule has 128 valence electrons. The first-order chi connectivity index (χ1) is 10.5. The number of rotatable bonds is 5. The van der Waals surface area contributed by atoms with E-state index in [0.717, 1.165) is 6.42 Å². The highest BCUT2D eigenvalue weighted by Gasteiger charge is 2.32. The Morgan fingerprint density at radius 1 is 1.43 bits per heavy atom. The number of likely N-dealkylation sites (N-methyl/N-ethyl adjacent to an activating group) is 1. The van der Waals surface area contributed by atoms with Crippen LogP contribution in [0.4, 0.5) is 5.69 Å². The fourth-order valence-electron chi connectivity index (χ4n) is 2.37. The number of hydrogen-bond acceptors (Lipinski definition) is 4. The van der Waals surface area contributed by atoms with Crippen LogP contribution in [0.3, 0.4) is 0 Å². The van der Waals surface area contributed by atoms with Crippen molar-refractivity contribution in [2.75, 3.05) is 25.5 Å². The lowest BCUT2D eigenvalue weighted by molar-refractivity contribution is -0.143. The van der Waals surface area contributed by atoms with E-state index < -0.39 is 6.10 Å². The van der Waals surface area contributed by atoms with E-state index in [4.69, 9.17) is 22.1 Å². The molecule has 1 aliphatic heterocycles. The highest BCUT2D eigenvalue weighted by atomic mass is 35.5. The van der Waals surface area contributed by atoms with Crippen LogP contribution < -0.4 is 11.1 Å². The molecule has 0 saturated carbocycles. The van der Waals surface area contributed by atoms with Crippen LogP contribution in [0, 0.1) is 0 Å². The molecule has 6 nitrogen and oxygen atoms in total. The molecule has 8 heteroatoms. The Balaban J connectivity index is 0.00000264. The maximum atomic E-state index is 12.2. The van der Waals surface area contributed by atoms with Crippen LogP contribution in [0.15, 0.2) is 24.3 Å². The minimum atomic E-state index is -0.502. The Hall–Kier alpha value is -1.34.